The Balaban J connectivity index is 2.08. The average molecular weight is 315 g/mol. The summed E-state index contributed by atoms with van der Waals surface area (Å²) in [5.74, 6) is 0. The number of nitrogens with one attached hydrogen (secondary N) is 1. The predicted octanol–water partition coefficient (Wildman–Crippen LogP) is 1.12. The van der Waals surface area contributed by atoms with Gasteiger partial charge in [-0.1, -0.05) is 24.9 Å². The molecule has 0 spiro atoms. The molecular weight excluding hydrogens is 292 g/mol. The zero-order valence-corrected chi connectivity index (χ0v) is 13.4. The van der Waals surface area contributed by atoms with Gasteiger partial charge in [-0.2, -0.15) is 5.10 Å². The molecular formula is C14H23ClN4O2. The first-order valence-corrected chi connectivity index (χ1v) is 7.80. The molecule has 6 nitrogen and oxygen atoms in total. The summed E-state index contributed by atoms with van der Waals surface area (Å²) >= 11 is 6.22. The highest BCUT2D eigenvalue weighted by molar-refractivity contribution is 6.33. The van der Waals surface area contributed by atoms with Crippen LogP contribution in [0.4, 0.5) is 5.69 Å². The molecule has 118 valence electrons. The molecule has 1 aliphatic heterocycles. The van der Waals surface area contributed by atoms with Gasteiger partial charge in [0.15, 0.2) is 0 Å². The smallest absolute Gasteiger partial charge is 0.287 e. The van der Waals surface area contributed by atoms with Gasteiger partial charge in [0.25, 0.3) is 5.56 Å². The van der Waals surface area contributed by atoms with Crippen molar-refractivity contribution < 1.29 is 4.74 Å². The lowest BCUT2D eigenvalue weighted by Crippen LogP contribution is -2.44. The number of aryl methyl sites for hydroxylation is 1. The molecule has 1 fully saturated rings. The zero-order valence-electron chi connectivity index (χ0n) is 12.6. The van der Waals surface area contributed by atoms with Gasteiger partial charge >= 0.3 is 0 Å². The molecule has 0 bridgehead atoms. The minimum absolute atomic E-state index is 0.0994. The van der Waals surface area contributed by atoms with E-state index in [-0.39, 0.29) is 16.7 Å². The lowest BCUT2D eigenvalue weighted by molar-refractivity contribution is 0.0340. The summed E-state index contributed by atoms with van der Waals surface area (Å²) in [7, 11) is 1.90. The minimum atomic E-state index is -0.225. The Kier molecular flexibility index (Phi) is 6.02. The number of hydrogen-bond acceptors (Lipinski definition) is 5. The van der Waals surface area contributed by atoms with E-state index in [2.05, 4.69) is 17.3 Å². The van der Waals surface area contributed by atoms with Gasteiger partial charge in [-0.15, -0.1) is 0 Å². The molecule has 0 saturated carbocycles. The Labute approximate surface area is 130 Å². The largest absolute Gasteiger partial charge is 0.374 e. The number of aromatic nitrogens is 2. The highest BCUT2D eigenvalue weighted by Gasteiger charge is 2.19. The van der Waals surface area contributed by atoms with E-state index in [9.17, 15) is 4.79 Å². The summed E-state index contributed by atoms with van der Waals surface area (Å²) in [4.78, 5) is 14.1. The summed E-state index contributed by atoms with van der Waals surface area (Å²) in [5.41, 5.74) is 0.431. The third-order valence-corrected chi connectivity index (χ3v) is 3.94. The van der Waals surface area contributed by atoms with E-state index in [4.69, 9.17) is 16.3 Å². The van der Waals surface area contributed by atoms with E-state index in [1.165, 1.54) is 4.68 Å². The molecule has 1 N–H and O–H groups in total. The molecule has 0 radical (unpaired) electrons. The third-order valence-electron chi connectivity index (χ3n) is 3.58. The van der Waals surface area contributed by atoms with Crippen LogP contribution in [0.1, 0.15) is 19.8 Å². The first-order chi connectivity index (χ1) is 10.1. The highest BCUT2D eigenvalue weighted by Crippen LogP contribution is 2.20. The number of likely N-dealkylation sites (N-methyl/N-ethyl adjacent to an activating group) is 1. The van der Waals surface area contributed by atoms with Crippen LogP contribution in [0.3, 0.4) is 0 Å². The molecule has 1 aliphatic rings. The van der Waals surface area contributed by atoms with Gasteiger partial charge in [-0.3, -0.25) is 4.79 Å². The number of morpholine rings is 1. The van der Waals surface area contributed by atoms with Crippen LogP contribution in [-0.4, -0.2) is 49.2 Å². The Morgan fingerprint density at radius 3 is 3.10 bits per heavy atom. The number of halogens is 1. The highest BCUT2D eigenvalue weighted by atomic mass is 35.5. The van der Waals surface area contributed by atoms with E-state index in [0.717, 1.165) is 25.9 Å². The fourth-order valence-corrected chi connectivity index (χ4v) is 2.62. The van der Waals surface area contributed by atoms with Crippen molar-refractivity contribution in [3.8, 4) is 0 Å². The molecule has 1 unspecified atom stereocenters. The maximum atomic E-state index is 12.2. The van der Waals surface area contributed by atoms with Crippen LogP contribution in [0.25, 0.3) is 0 Å². The summed E-state index contributed by atoms with van der Waals surface area (Å²) in [5, 5.41) is 7.73. The summed E-state index contributed by atoms with van der Waals surface area (Å²) < 4.78 is 7.10. The number of anilines is 1. The standard InChI is InChI=1S/C14H23ClN4O2/c1-3-4-6-19-14(20)13(15)12(9-17-19)18(2)10-11-8-16-5-7-21-11/h9,11,16H,3-8,10H2,1-2H3. The number of hydrogen-bond donors (Lipinski definition) is 1. The molecule has 1 aromatic rings. The summed E-state index contributed by atoms with van der Waals surface area (Å²) in [6.45, 7) is 5.76. The lowest BCUT2D eigenvalue weighted by atomic mass is 10.2. The van der Waals surface area contributed by atoms with Gasteiger partial charge in [0.1, 0.15) is 5.02 Å². The topological polar surface area (TPSA) is 59.4 Å². The maximum absolute atomic E-state index is 12.2. The monoisotopic (exact) mass is 314 g/mol. The van der Waals surface area contributed by atoms with Crippen LogP contribution in [0.2, 0.25) is 5.02 Å². The van der Waals surface area contributed by atoms with E-state index in [1.807, 2.05) is 11.9 Å². The molecule has 7 heteroatoms. The van der Waals surface area contributed by atoms with Gasteiger partial charge in [0.05, 0.1) is 24.6 Å². The van der Waals surface area contributed by atoms with Crippen LogP contribution in [-0.2, 0) is 11.3 Å². The maximum Gasteiger partial charge on any atom is 0.287 e. The Hall–Kier alpha value is -1.11. The van der Waals surface area contributed by atoms with Crippen molar-refractivity contribution in [1.82, 2.24) is 15.1 Å². The summed E-state index contributed by atoms with van der Waals surface area (Å²) in [6, 6.07) is 0. The van der Waals surface area contributed by atoms with Gasteiger partial charge in [0.2, 0.25) is 0 Å². The van der Waals surface area contributed by atoms with Gasteiger partial charge in [-0.25, -0.2) is 4.68 Å². The van der Waals surface area contributed by atoms with E-state index in [1.54, 1.807) is 6.20 Å². The normalized spacial score (nSPS) is 18.7. The van der Waals surface area contributed by atoms with E-state index in [0.29, 0.717) is 25.4 Å². The Bertz CT molecular complexity index is 514. The lowest BCUT2D eigenvalue weighted by Gasteiger charge is -2.29. The van der Waals surface area contributed by atoms with Crippen molar-refractivity contribution in [2.75, 3.05) is 38.2 Å². The number of ether oxygens (including phenoxy) is 1. The molecule has 2 heterocycles. The second-order valence-electron chi connectivity index (χ2n) is 5.30. The SMILES string of the molecule is CCCCn1ncc(N(C)CC2CNCCO2)c(Cl)c1=O. The van der Waals surface area contributed by atoms with Gasteiger partial charge in [-0.05, 0) is 6.42 Å². The molecule has 1 atom stereocenters. The quantitative estimate of drug-likeness (QED) is 0.853. The van der Waals surface area contributed by atoms with E-state index < -0.39 is 0 Å². The number of unbranched alkanes of at least 4 members (excludes halogenated alkanes) is 1. The first kappa shape index (κ1) is 16.3. The zero-order chi connectivity index (χ0) is 15.2. The van der Waals surface area contributed by atoms with Crippen molar-refractivity contribution >= 4 is 17.3 Å². The molecule has 0 aromatic carbocycles. The Morgan fingerprint density at radius 2 is 2.43 bits per heavy atom. The molecule has 0 aliphatic carbocycles. The number of rotatable bonds is 6. The van der Waals surface area contributed by atoms with Crippen LogP contribution >= 0.6 is 11.6 Å². The van der Waals surface area contributed by atoms with Gasteiger partial charge in [0, 0.05) is 33.2 Å². The van der Waals surface area contributed by atoms with Crippen molar-refractivity contribution in [1.29, 1.82) is 0 Å². The molecule has 21 heavy (non-hydrogen) atoms. The first-order valence-electron chi connectivity index (χ1n) is 7.42. The van der Waals surface area contributed by atoms with Gasteiger partial charge < -0.3 is 15.0 Å². The Morgan fingerprint density at radius 1 is 1.62 bits per heavy atom. The van der Waals surface area contributed by atoms with E-state index >= 15 is 0 Å². The van der Waals surface area contributed by atoms with Crippen LogP contribution in [0.15, 0.2) is 11.0 Å². The molecule has 1 aromatic heterocycles. The van der Waals surface area contributed by atoms with Crippen molar-refractivity contribution in [2.45, 2.75) is 32.4 Å². The third kappa shape index (κ3) is 4.18. The van der Waals surface area contributed by atoms with Crippen molar-refractivity contribution in [2.24, 2.45) is 0 Å². The van der Waals surface area contributed by atoms with Crippen LogP contribution < -0.4 is 15.8 Å². The van der Waals surface area contributed by atoms with Crippen LogP contribution in [0, 0.1) is 0 Å². The fraction of sp³-hybridized carbons (Fsp3) is 0.714. The fourth-order valence-electron chi connectivity index (χ4n) is 2.33. The van der Waals surface area contributed by atoms with Crippen molar-refractivity contribution in [3.63, 3.8) is 0 Å². The predicted molar refractivity (Wildman–Crippen MR) is 84.3 cm³/mol. The number of nitrogens with zero attached hydrogens (tertiary/aromatic N) is 3. The van der Waals surface area contributed by atoms with Crippen molar-refractivity contribution in [3.05, 3.63) is 21.6 Å². The second-order valence-corrected chi connectivity index (χ2v) is 5.68. The molecule has 2 rings (SSSR count). The minimum Gasteiger partial charge on any atom is -0.374 e. The molecule has 1 saturated heterocycles. The average Bonchev–Trinajstić information content (AvgIpc) is 2.49. The second kappa shape index (κ2) is 7.77. The van der Waals surface area contributed by atoms with Crippen LogP contribution in [0.5, 0.6) is 0 Å². The summed E-state index contributed by atoms with van der Waals surface area (Å²) in [6.07, 6.45) is 3.69. The molecule has 0 amide bonds.